The fraction of sp³-hybridized carbons (Fsp3) is 0.417. The van der Waals surface area contributed by atoms with Crippen molar-refractivity contribution >= 4 is 27.7 Å². The number of ether oxygens (including phenoxy) is 1. The maximum Gasteiger partial charge on any atom is 0.253 e. The van der Waals surface area contributed by atoms with Gasteiger partial charge in [0.05, 0.1) is 5.54 Å². The zero-order valence-corrected chi connectivity index (χ0v) is 18.9. The molecule has 31 heavy (non-hydrogen) atoms. The van der Waals surface area contributed by atoms with Gasteiger partial charge in [0, 0.05) is 42.3 Å². The third-order valence-corrected chi connectivity index (χ3v) is 6.82. The standard InChI is InChI=1S/C24H26BrFN2O3/c25-20-3-1-2-19(16-20)24(10-14-31-15-11-24)27-22(29)17-8-12-28(13-9-17)23(30)18-4-6-21(26)7-5-18/h1-7,16-17H,8-15H2,(H,27,29). The molecule has 0 unspecified atom stereocenters. The molecule has 5 nitrogen and oxygen atoms in total. The number of halogens is 2. The van der Waals surface area contributed by atoms with E-state index in [0.717, 1.165) is 22.9 Å². The number of amides is 2. The van der Waals surface area contributed by atoms with Gasteiger partial charge < -0.3 is 15.0 Å². The highest BCUT2D eigenvalue weighted by molar-refractivity contribution is 9.10. The molecular weight excluding hydrogens is 463 g/mol. The van der Waals surface area contributed by atoms with Gasteiger partial charge in [0.15, 0.2) is 0 Å². The van der Waals surface area contributed by atoms with E-state index in [2.05, 4.69) is 33.4 Å². The molecule has 0 aliphatic carbocycles. The van der Waals surface area contributed by atoms with Crippen LogP contribution in [-0.2, 0) is 15.1 Å². The van der Waals surface area contributed by atoms with E-state index in [4.69, 9.17) is 4.74 Å². The third-order valence-electron chi connectivity index (χ3n) is 6.33. The molecule has 1 N–H and O–H groups in total. The maximum absolute atomic E-state index is 13.2. The Morgan fingerprint density at radius 1 is 1.06 bits per heavy atom. The first-order chi connectivity index (χ1) is 15.0. The van der Waals surface area contributed by atoms with Crippen LogP contribution >= 0.6 is 15.9 Å². The summed E-state index contributed by atoms with van der Waals surface area (Å²) in [5.41, 5.74) is 1.13. The second-order valence-corrected chi connectivity index (χ2v) is 9.18. The SMILES string of the molecule is O=C(NC1(c2cccc(Br)c2)CCOCC1)C1CCN(C(=O)c2ccc(F)cc2)CC1. The quantitative estimate of drug-likeness (QED) is 0.699. The largest absolute Gasteiger partial charge is 0.381 e. The number of hydrogen-bond acceptors (Lipinski definition) is 3. The number of carbonyl (C=O) groups is 2. The summed E-state index contributed by atoms with van der Waals surface area (Å²) < 4.78 is 19.7. The molecule has 2 aromatic rings. The summed E-state index contributed by atoms with van der Waals surface area (Å²) in [5, 5.41) is 3.34. The van der Waals surface area contributed by atoms with Gasteiger partial charge in [-0.2, -0.15) is 0 Å². The van der Waals surface area contributed by atoms with E-state index in [-0.39, 0.29) is 23.5 Å². The highest BCUT2D eigenvalue weighted by atomic mass is 79.9. The number of hydrogen-bond donors (Lipinski definition) is 1. The number of nitrogens with zero attached hydrogens (tertiary/aromatic N) is 1. The summed E-state index contributed by atoms with van der Waals surface area (Å²) in [6, 6.07) is 13.7. The lowest BCUT2D eigenvalue weighted by atomic mass is 9.81. The van der Waals surface area contributed by atoms with Gasteiger partial charge in [0.25, 0.3) is 5.91 Å². The molecule has 2 heterocycles. The molecule has 4 rings (SSSR count). The summed E-state index contributed by atoms with van der Waals surface area (Å²) in [6.07, 6.45) is 2.70. The van der Waals surface area contributed by atoms with E-state index in [1.807, 2.05) is 12.1 Å². The molecule has 2 saturated heterocycles. The van der Waals surface area contributed by atoms with Crippen molar-refractivity contribution in [1.29, 1.82) is 0 Å². The van der Waals surface area contributed by atoms with Gasteiger partial charge in [-0.25, -0.2) is 4.39 Å². The number of benzene rings is 2. The summed E-state index contributed by atoms with van der Waals surface area (Å²) in [4.78, 5) is 27.6. The van der Waals surface area contributed by atoms with Crippen molar-refractivity contribution in [2.24, 2.45) is 5.92 Å². The van der Waals surface area contributed by atoms with Crippen molar-refractivity contribution in [3.63, 3.8) is 0 Å². The number of piperidine rings is 1. The van der Waals surface area contributed by atoms with E-state index >= 15 is 0 Å². The van der Waals surface area contributed by atoms with Crippen molar-refractivity contribution in [1.82, 2.24) is 10.2 Å². The lowest BCUT2D eigenvalue weighted by Gasteiger charge is -2.40. The summed E-state index contributed by atoms with van der Waals surface area (Å²) in [7, 11) is 0. The summed E-state index contributed by atoms with van der Waals surface area (Å²) >= 11 is 3.54. The third kappa shape index (κ3) is 4.99. The van der Waals surface area contributed by atoms with Crippen LogP contribution in [0.5, 0.6) is 0 Å². The Morgan fingerprint density at radius 3 is 2.39 bits per heavy atom. The van der Waals surface area contributed by atoms with Crippen molar-refractivity contribution in [3.05, 3.63) is 69.9 Å². The fourth-order valence-electron chi connectivity index (χ4n) is 4.45. The van der Waals surface area contributed by atoms with E-state index in [9.17, 15) is 14.0 Å². The van der Waals surface area contributed by atoms with Gasteiger partial charge in [0.1, 0.15) is 5.82 Å². The van der Waals surface area contributed by atoms with Crippen LogP contribution in [0.1, 0.15) is 41.6 Å². The first-order valence-corrected chi connectivity index (χ1v) is 11.5. The van der Waals surface area contributed by atoms with Crippen LogP contribution in [0.4, 0.5) is 4.39 Å². The molecule has 2 amide bonds. The Bertz CT molecular complexity index is 936. The molecule has 0 saturated carbocycles. The van der Waals surface area contributed by atoms with E-state index in [1.165, 1.54) is 24.3 Å². The zero-order chi connectivity index (χ0) is 21.8. The highest BCUT2D eigenvalue weighted by Crippen LogP contribution is 2.34. The number of carbonyl (C=O) groups excluding carboxylic acids is 2. The number of nitrogens with one attached hydrogen (secondary N) is 1. The van der Waals surface area contributed by atoms with Gasteiger partial charge in [-0.15, -0.1) is 0 Å². The molecule has 0 atom stereocenters. The highest BCUT2D eigenvalue weighted by Gasteiger charge is 2.38. The first kappa shape index (κ1) is 22.0. The van der Waals surface area contributed by atoms with E-state index in [1.54, 1.807) is 4.90 Å². The van der Waals surface area contributed by atoms with Gasteiger partial charge in [0.2, 0.25) is 5.91 Å². The lowest BCUT2D eigenvalue weighted by Crippen LogP contribution is -2.52. The number of likely N-dealkylation sites (tertiary alicyclic amines) is 1. The summed E-state index contributed by atoms with van der Waals surface area (Å²) in [5.74, 6) is -0.576. The first-order valence-electron chi connectivity index (χ1n) is 10.7. The molecule has 0 spiro atoms. The van der Waals surface area contributed by atoms with Gasteiger partial charge in [-0.1, -0.05) is 28.1 Å². The monoisotopic (exact) mass is 488 g/mol. The van der Waals surface area contributed by atoms with Crippen molar-refractivity contribution in [2.75, 3.05) is 26.3 Å². The molecule has 2 aromatic carbocycles. The molecule has 0 bridgehead atoms. The second kappa shape index (κ2) is 9.49. The molecule has 2 aliphatic rings. The predicted molar refractivity (Wildman–Crippen MR) is 119 cm³/mol. The molecule has 7 heteroatoms. The Balaban J connectivity index is 1.40. The van der Waals surface area contributed by atoms with E-state index < -0.39 is 5.54 Å². The van der Waals surface area contributed by atoms with Gasteiger partial charge in [-0.3, -0.25) is 9.59 Å². The molecule has 0 radical (unpaired) electrons. The topological polar surface area (TPSA) is 58.6 Å². The summed E-state index contributed by atoms with van der Waals surface area (Å²) in [6.45, 7) is 2.25. The predicted octanol–water partition coefficient (Wildman–Crippen LogP) is 4.26. The minimum absolute atomic E-state index is 0.0377. The Morgan fingerprint density at radius 2 is 1.74 bits per heavy atom. The lowest BCUT2D eigenvalue weighted by molar-refractivity contribution is -0.129. The average molecular weight is 489 g/mol. The minimum Gasteiger partial charge on any atom is -0.381 e. The smallest absolute Gasteiger partial charge is 0.253 e. The van der Waals surface area contributed by atoms with Gasteiger partial charge in [-0.05, 0) is 67.6 Å². The normalized spacial score (nSPS) is 19.1. The van der Waals surface area contributed by atoms with Crippen LogP contribution in [0, 0.1) is 11.7 Å². The molecule has 2 aliphatic heterocycles. The minimum atomic E-state index is -0.430. The zero-order valence-electron chi connectivity index (χ0n) is 17.3. The molecule has 164 valence electrons. The molecule has 0 aromatic heterocycles. The molecular formula is C24H26BrFN2O3. The van der Waals surface area contributed by atoms with Crippen LogP contribution in [0.25, 0.3) is 0 Å². The average Bonchev–Trinajstić information content (AvgIpc) is 2.80. The fourth-order valence-corrected chi connectivity index (χ4v) is 4.85. The van der Waals surface area contributed by atoms with Crippen molar-refractivity contribution in [2.45, 2.75) is 31.2 Å². The van der Waals surface area contributed by atoms with Crippen molar-refractivity contribution in [3.8, 4) is 0 Å². The Labute approximate surface area is 190 Å². The van der Waals surface area contributed by atoms with Crippen molar-refractivity contribution < 1.29 is 18.7 Å². The van der Waals surface area contributed by atoms with E-state index in [0.29, 0.717) is 44.7 Å². The molecule has 2 fully saturated rings. The van der Waals surface area contributed by atoms with Crippen LogP contribution in [0.3, 0.4) is 0 Å². The van der Waals surface area contributed by atoms with Gasteiger partial charge >= 0.3 is 0 Å². The number of rotatable bonds is 4. The van der Waals surface area contributed by atoms with Crippen LogP contribution in [-0.4, -0.2) is 43.0 Å². The Kier molecular flexibility index (Phi) is 6.72. The van der Waals surface area contributed by atoms with Crippen LogP contribution < -0.4 is 5.32 Å². The second-order valence-electron chi connectivity index (χ2n) is 8.27. The maximum atomic E-state index is 13.2. The van der Waals surface area contributed by atoms with Crippen LogP contribution in [0.2, 0.25) is 0 Å². The Hall–Kier alpha value is -2.25. The van der Waals surface area contributed by atoms with Crippen LogP contribution in [0.15, 0.2) is 53.0 Å².